The van der Waals surface area contributed by atoms with Crippen molar-refractivity contribution in [2.45, 2.75) is 30.9 Å². The van der Waals surface area contributed by atoms with E-state index in [0.29, 0.717) is 5.92 Å². The molecule has 1 amide bonds. The summed E-state index contributed by atoms with van der Waals surface area (Å²) >= 11 is -1.19. The number of hydrogen-bond donors (Lipinski definition) is 1. The third-order valence-corrected chi connectivity index (χ3v) is 4.76. The maximum Gasteiger partial charge on any atom is 0.264 e. The van der Waals surface area contributed by atoms with Gasteiger partial charge in [-0.15, -0.1) is 6.58 Å². The highest BCUT2D eigenvalue weighted by atomic mass is 32.2. The molecule has 4 heteroatoms. The van der Waals surface area contributed by atoms with Crippen LogP contribution in [0.5, 0.6) is 0 Å². The smallest absolute Gasteiger partial charge is 0.264 e. The van der Waals surface area contributed by atoms with Crippen molar-refractivity contribution in [3.05, 3.63) is 12.7 Å². The molecule has 0 heterocycles. The molecule has 0 radical (unpaired) electrons. The number of amides is 1. The standard InChI is InChI=1S/C10H15NO2S/c1-3-7-6-8(7)9(12)11-14(13)10(2)4-5-10/h3,7-8H,1,4-6H2,2H3,(H,11,12)/t7-,8+,14?/m1/s1. The summed E-state index contributed by atoms with van der Waals surface area (Å²) in [4.78, 5) is 11.5. The molecule has 0 aliphatic heterocycles. The van der Waals surface area contributed by atoms with Crippen LogP contribution in [0.15, 0.2) is 12.7 Å². The number of allylic oxidation sites excluding steroid dienone is 1. The Balaban J connectivity index is 1.80. The molecule has 2 aliphatic rings. The van der Waals surface area contributed by atoms with E-state index in [-0.39, 0.29) is 16.6 Å². The molecule has 1 unspecified atom stereocenters. The van der Waals surface area contributed by atoms with Crippen LogP contribution >= 0.6 is 0 Å². The van der Waals surface area contributed by atoms with Gasteiger partial charge in [-0.05, 0) is 19.3 Å². The second-order valence-corrected chi connectivity index (χ2v) is 6.15. The van der Waals surface area contributed by atoms with Gasteiger partial charge in [-0.25, -0.2) is 0 Å². The Morgan fingerprint density at radius 1 is 1.71 bits per heavy atom. The lowest BCUT2D eigenvalue weighted by Crippen LogP contribution is -2.39. The zero-order valence-electron chi connectivity index (χ0n) is 8.29. The summed E-state index contributed by atoms with van der Waals surface area (Å²) in [6.45, 7) is 5.59. The Morgan fingerprint density at radius 2 is 2.36 bits per heavy atom. The van der Waals surface area contributed by atoms with Crippen LogP contribution in [0.1, 0.15) is 26.2 Å². The molecular formula is C10H15NO2S. The third-order valence-electron chi connectivity index (χ3n) is 3.07. The lowest BCUT2D eigenvalue weighted by molar-refractivity contribution is -0.120. The first-order valence-corrected chi connectivity index (χ1v) is 6.07. The zero-order chi connectivity index (χ0) is 10.3. The maximum atomic E-state index is 11.6. The average Bonchev–Trinajstić information content (AvgIpc) is 2.98. The molecule has 2 fully saturated rings. The third kappa shape index (κ3) is 1.81. The number of hydrogen-bond acceptors (Lipinski definition) is 2. The number of rotatable bonds is 4. The van der Waals surface area contributed by atoms with E-state index in [9.17, 15) is 9.35 Å². The van der Waals surface area contributed by atoms with E-state index in [0.717, 1.165) is 19.3 Å². The van der Waals surface area contributed by atoms with Crippen molar-refractivity contribution >= 4 is 17.3 Å². The quantitative estimate of drug-likeness (QED) is 0.562. The van der Waals surface area contributed by atoms with E-state index >= 15 is 0 Å². The van der Waals surface area contributed by atoms with Crippen LogP contribution in [-0.2, 0) is 16.2 Å². The molecular weight excluding hydrogens is 198 g/mol. The molecule has 2 rings (SSSR count). The Bertz CT molecular complexity index is 275. The largest absolute Gasteiger partial charge is 0.593 e. The average molecular weight is 213 g/mol. The molecule has 3 atom stereocenters. The van der Waals surface area contributed by atoms with Gasteiger partial charge < -0.3 is 4.55 Å². The van der Waals surface area contributed by atoms with Gasteiger partial charge in [0.2, 0.25) is 0 Å². The maximum absolute atomic E-state index is 11.6. The van der Waals surface area contributed by atoms with Crippen LogP contribution in [0.4, 0.5) is 0 Å². The molecule has 0 bridgehead atoms. The minimum atomic E-state index is -1.19. The van der Waals surface area contributed by atoms with Crippen LogP contribution < -0.4 is 4.72 Å². The fourth-order valence-corrected chi connectivity index (χ4v) is 2.48. The van der Waals surface area contributed by atoms with E-state index in [4.69, 9.17) is 0 Å². The summed E-state index contributed by atoms with van der Waals surface area (Å²) < 4.78 is 14.1. The molecule has 14 heavy (non-hydrogen) atoms. The van der Waals surface area contributed by atoms with Gasteiger partial charge in [-0.1, -0.05) is 6.08 Å². The molecule has 0 saturated heterocycles. The van der Waals surface area contributed by atoms with Gasteiger partial charge in [0.15, 0.2) is 0 Å². The van der Waals surface area contributed by atoms with Gasteiger partial charge in [-0.3, -0.25) is 4.79 Å². The second kappa shape index (κ2) is 3.28. The number of nitrogens with one attached hydrogen (secondary N) is 1. The minimum Gasteiger partial charge on any atom is -0.593 e. The summed E-state index contributed by atoms with van der Waals surface area (Å²) in [6.07, 6.45) is 4.57. The van der Waals surface area contributed by atoms with Gasteiger partial charge in [0.1, 0.15) is 4.75 Å². The van der Waals surface area contributed by atoms with E-state index in [1.807, 2.05) is 6.92 Å². The van der Waals surface area contributed by atoms with Gasteiger partial charge in [0.25, 0.3) is 5.91 Å². The Morgan fingerprint density at radius 3 is 2.79 bits per heavy atom. The van der Waals surface area contributed by atoms with Crippen LogP contribution in [0.25, 0.3) is 0 Å². The molecule has 3 nitrogen and oxygen atoms in total. The van der Waals surface area contributed by atoms with E-state index in [1.54, 1.807) is 6.08 Å². The highest BCUT2D eigenvalue weighted by Gasteiger charge is 2.52. The highest BCUT2D eigenvalue weighted by Crippen LogP contribution is 2.44. The molecule has 2 saturated carbocycles. The molecule has 0 spiro atoms. The molecule has 0 aromatic heterocycles. The van der Waals surface area contributed by atoms with E-state index in [2.05, 4.69) is 11.3 Å². The predicted octanol–water partition coefficient (Wildman–Crippen LogP) is 1.14. The molecule has 1 N–H and O–H groups in total. The van der Waals surface area contributed by atoms with Crippen molar-refractivity contribution < 1.29 is 9.35 Å². The topological polar surface area (TPSA) is 52.2 Å². The van der Waals surface area contributed by atoms with Gasteiger partial charge in [0.05, 0.1) is 11.4 Å². The van der Waals surface area contributed by atoms with Crippen molar-refractivity contribution in [2.75, 3.05) is 0 Å². The predicted molar refractivity (Wildman–Crippen MR) is 55.7 cm³/mol. The fraction of sp³-hybridized carbons (Fsp3) is 0.700. The van der Waals surface area contributed by atoms with Crippen LogP contribution in [-0.4, -0.2) is 15.2 Å². The van der Waals surface area contributed by atoms with Crippen molar-refractivity contribution in [3.63, 3.8) is 0 Å². The molecule has 0 aromatic carbocycles. The van der Waals surface area contributed by atoms with Crippen LogP contribution in [0, 0.1) is 11.8 Å². The van der Waals surface area contributed by atoms with Crippen molar-refractivity contribution in [1.29, 1.82) is 0 Å². The zero-order valence-corrected chi connectivity index (χ0v) is 9.10. The Kier molecular flexibility index (Phi) is 2.35. The second-order valence-electron chi connectivity index (χ2n) is 4.43. The molecule has 2 aliphatic carbocycles. The minimum absolute atomic E-state index is 0.0267. The summed E-state index contributed by atoms with van der Waals surface area (Å²) in [5.74, 6) is 0.263. The van der Waals surface area contributed by atoms with Gasteiger partial charge in [-0.2, -0.15) is 4.72 Å². The number of carbonyl (C=O) groups is 1. The lowest BCUT2D eigenvalue weighted by Gasteiger charge is -2.16. The summed E-state index contributed by atoms with van der Waals surface area (Å²) in [5, 5.41) is 0. The van der Waals surface area contributed by atoms with E-state index in [1.165, 1.54) is 0 Å². The first-order chi connectivity index (χ1) is 6.57. The SMILES string of the molecule is C=C[C@@H]1C[C@@H]1C(=O)N[S+]([O-])C1(C)CC1. The van der Waals surface area contributed by atoms with E-state index < -0.39 is 11.4 Å². The monoisotopic (exact) mass is 213 g/mol. The van der Waals surface area contributed by atoms with Crippen molar-refractivity contribution in [3.8, 4) is 0 Å². The molecule has 0 aromatic rings. The highest BCUT2D eigenvalue weighted by molar-refractivity contribution is 7.91. The van der Waals surface area contributed by atoms with Crippen LogP contribution in [0.2, 0.25) is 0 Å². The van der Waals surface area contributed by atoms with Gasteiger partial charge >= 0.3 is 0 Å². The summed E-state index contributed by atoms with van der Waals surface area (Å²) in [5.41, 5.74) is 0. The summed E-state index contributed by atoms with van der Waals surface area (Å²) in [7, 11) is 0. The van der Waals surface area contributed by atoms with Gasteiger partial charge in [0, 0.05) is 18.8 Å². The summed E-state index contributed by atoms with van der Waals surface area (Å²) in [6, 6.07) is 0. The van der Waals surface area contributed by atoms with Crippen LogP contribution in [0.3, 0.4) is 0 Å². The molecule has 78 valence electrons. The number of carbonyl (C=O) groups excluding carboxylic acids is 1. The lowest BCUT2D eigenvalue weighted by atomic mass is 10.3. The fourth-order valence-electron chi connectivity index (χ4n) is 1.43. The Labute approximate surface area is 87.3 Å². The Hall–Kier alpha value is -0.480. The normalized spacial score (nSPS) is 34.4. The van der Waals surface area contributed by atoms with Crippen molar-refractivity contribution in [1.82, 2.24) is 4.72 Å². The first kappa shape index (κ1) is 10.1. The first-order valence-electron chi connectivity index (χ1n) is 4.92. The van der Waals surface area contributed by atoms with Crippen molar-refractivity contribution in [2.24, 2.45) is 11.8 Å².